The van der Waals surface area contributed by atoms with E-state index >= 15 is 0 Å². The minimum Gasteiger partial charge on any atom is -0.388 e. The molecule has 0 heterocycles. The van der Waals surface area contributed by atoms with Crippen molar-refractivity contribution in [3.05, 3.63) is 34.1 Å². The number of aliphatic hydroxyl groups excluding tert-OH is 1. The molecule has 0 aliphatic rings. The fraction of sp³-hybridized carbons (Fsp3) is 0.500. The van der Waals surface area contributed by atoms with Crippen LogP contribution in [-0.4, -0.2) is 5.11 Å². The highest BCUT2D eigenvalue weighted by Gasteiger charge is 2.18. The van der Waals surface area contributed by atoms with Gasteiger partial charge >= 0.3 is 0 Å². The molecule has 1 aromatic carbocycles. The molecule has 0 saturated heterocycles. The Kier molecular flexibility index (Phi) is 4.74. The van der Waals surface area contributed by atoms with E-state index in [1.54, 1.807) is 6.07 Å². The van der Waals surface area contributed by atoms with Crippen LogP contribution >= 0.6 is 15.9 Å². The number of hydrogen-bond donors (Lipinski definition) is 1. The lowest BCUT2D eigenvalue weighted by molar-refractivity contribution is 0.111. The van der Waals surface area contributed by atoms with E-state index in [4.69, 9.17) is 0 Å². The zero-order valence-electron chi connectivity index (χ0n) is 9.00. The molecule has 1 rings (SSSR count). The predicted molar refractivity (Wildman–Crippen MR) is 63.1 cm³/mol. The van der Waals surface area contributed by atoms with Gasteiger partial charge in [0.1, 0.15) is 5.82 Å². The number of hydrogen-bond acceptors (Lipinski definition) is 1. The monoisotopic (exact) mass is 274 g/mol. The average molecular weight is 275 g/mol. The summed E-state index contributed by atoms with van der Waals surface area (Å²) >= 11 is 3.27. The maximum absolute atomic E-state index is 12.8. The molecule has 0 amide bonds. The summed E-state index contributed by atoms with van der Waals surface area (Å²) in [4.78, 5) is 0. The van der Waals surface area contributed by atoms with Gasteiger partial charge in [0, 0.05) is 4.47 Å². The molecule has 0 radical (unpaired) electrons. The molecular weight excluding hydrogens is 259 g/mol. The van der Waals surface area contributed by atoms with Crippen molar-refractivity contribution in [2.45, 2.75) is 32.8 Å². The molecule has 2 atom stereocenters. The number of halogens is 2. The van der Waals surface area contributed by atoms with Crippen molar-refractivity contribution in [1.82, 2.24) is 0 Å². The summed E-state index contributed by atoms with van der Waals surface area (Å²) in [7, 11) is 0. The summed E-state index contributed by atoms with van der Waals surface area (Å²) in [5, 5.41) is 10.0. The zero-order valence-corrected chi connectivity index (χ0v) is 10.6. The number of rotatable bonds is 4. The van der Waals surface area contributed by atoms with Crippen molar-refractivity contribution >= 4 is 15.9 Å². The second-order valence-electron chi connectivity index (χ2n) is 3.88. The van der Waals surface area contributed by atoms with Gasteiger partial charge in [0.2, 0.25) is 0 Å². The maximum atomic E-state index is 12.8. The van der Waals surface area contributed by atoms with E-state index in [2.05, 4.69) is 22.9 Å². The van der Waals surface area contributed by atoms with Gasteiger partial charge in [0.25, 0.3) is 0 Å². The Morgan fingerprint density at radius 3 is 2.67 bits per heavy atom. The van der Waals surface area contributed by atoms with Gasteiger partial charge in [0.05, 0.1) is 6.10 Å². The fourth-order valence-electron chi connectivity index (χ4n) is 1.66. The van der Waals surface area contributed by atoms with Crippen LogP contribution in [0, 0.1) is 11.7 Å². The molecule has 15 heavy (non-hydrogen) atoms. The second kappa shape index (κ2) is 5.61. The van der Waals surface area contributed by atoms with E-state index in [0.717, 1.165) is 18.4 Å². The van der Waals surface area contributed by atoms with E-state index in [0.29, 0.717) is 4.47 Å². The first-order chi connectivity index (χ1) is 7.06. The third-order valence-electron chi connectivity index (χ3n) is 2.56. The van der Waals surface area contributed by atoms with Crippen LogP contribution < -0.4 is 0 Å². The van der Waals surface area contributed by atoms with Gasteiger partial charge in [-0.3, -0.25) is 0 Å². The lowest BCUT2D eigenvalue weighted by atomic mass is 9.94. The standard InChI is InChI=1S/C12H16BrFO/c1-3-4-8(2)12(15)10-6-5-9(14)7-11(10)13/h5-8,12,15H,3-4H2,1-2H3. The molecule has 1 N–H and O–H groups in total. The molecule has 0 aliphatic heterocycles. The van der Waals surface area contributed by atoms with E-state index < -0.39 is 6.10 Å². The van der Waals surface area contributed by atoms with Crippen LogP contribution in [-0.2, 0) is 0 Å². The van der Waals surface area contributed by atoms with Gasteiger partial charge < -0.3 is 5.11 Å². The molecule has 0 bridgehead atoms. The van der Waals surface area contributed by atoms with E-state index in [1.807, 2.05) is 6.92 Å². The quantitative estimate of drug-likeness (QED) is 0.878. The first-order valence-electron chi connectivity index (χ1n) is 5.19. The highest BCUT2D eigenvalue weighted by molar-refractivity contribution is 9.10. The summed E-state index contributed by atoms with van der Waals surface area (Å²) in [6, 6.07) is 4.40. The molecule has 0 fully saturated rings. The average Bonchev–Trinajstić information content (AvgIpc) is 2.17. The van der Waals surface area contributed by atoms with Crippen molar-refractivity contribution in [2.75, 3.05) is 0 Å². The fourth-order valence-corrected chi connectivity index (χ4v) is 2.25. The Bertz CT molecular complexity index is 327. The van der Waals surface area contributed by atoms with Gasteiger partial charge in [-0.1, -0.05) is 42.3 Å². The molecule has 2 unspecified atom stereocenters. The molecule has 0 aromatic heterocycles. The molecule has 3 heteroatoms. The summed E-state index contributed by atoms with van der Waals surface area (Å²) in [6.07, 6.45) is 1.47. The van der Waals surface area contributed by atoms with Crippen LogP contribution in [0.3, 0.4) is 0 Å². The number of benzene rings is 1. The maximum Gasteiger partial charge on any atom is 0.124 e. The third-order valence-corrected chi connectivity index (χ3v) is 3.25. The van der Waals surface area contributed by atoms with Gasteiger partial charge in [-0.05, 0) is 30.0 Å². The third kappa shape index (κ3) is 3.28. The lowest BCUT2D eigenvalue weighted by Gasteiger charge is -2.19. The molecule has 0 saturated carbocycles. The smallest absolute Gasteiger partial charge is 0.124 e. The molecule has 1 nitrogen and oxygen atoms in total. The molecular formula is C12H16BrFO. The van der Waals surface area contributed by atoms with Crippen molar-refractivity contribution in [1.29, 1.82) is 0 Å². The van der Waals surface area contributed by atoms with Crippen LogP contribution in [0.5, 0.6) is 0 Å². The SMILES string of the molecule is CCCC(C)C(O)c1ccc(F)cc1Br. The molecule has 84 valence electrons. The van der Waals surface area contributed by atoms with Crippen molar-refractivity contribution < 1.29 is 9.50 Å². The molecule has 1 aromatic rings. The first kappa shape index (κ1) is 12.7. The summed E-state index contributed by atoms with van der Waals surface area (Å²) < 4.78 is 13.5. The minimum atomic E-state index is -0.528. The first-order valence-corrected chi connectivity index (χ1v) is 5.98. The predicted octanol–water partition coefficient (Wildman–Crippen LogP) is 4.06. The van der Waals surface area contributed by atoms with Gasteiger partial charge in [-0.15, -0.1) is 0 Å². The normalized spacial score (nSPS) is 15.0. The Morgan fingerprint density at radius 2 is 2.13 bits per heavy atom. The Hall–Kier alpha value is -0.410. The zero-order chi connectivity index (χ0) is 11.4. The van der Waals surface area contributed by atoms with Crippen LogP contribution in [0.4, 0.5) is 4.39 Å². The van der Waals surface area contributed by atoms with Crippen LogP contribution in [0.15, 0.2) is 22.7 Å². The van der Waals surface area contributed by atoms with Crippen molar-refractivity contribution in [3.63, 3.8) is 0 Å². The van der Waals surface area contributed by atoms with Gasteiger partial charge in [-0.25, -0.2) is 4.39 Å². The highest BCUT2D eigenvalue weighted by atomic mass is 79.9. The number of aliphatic hydroxyl groups is 1. The van der Waals surface area contributed by atoms with Crippen LogP contribution in [0.25, 0.3) is 0 Å². The summed E-state index contributed by atoms with van der Waals surface area (Å²) in [6.45, 7) is 4.09. The van der Waals surface area contributed by atoms with E-state index in [9.17, 15) is 9.50 Å². The largest absolute Gasteiger partial charge is 0.388 e. The van der Waals surface area contributed by atoms with Crippen molar-refractivity contribution in [2.24, 2.45) is 5.92 Å². The summed E-state index contributed by atoms with van der Waals surface area (Å²) in [5.41, 5.74) is 0.761. The minimum absolute atomic E-state index is 0.191. The molecule has 0 spiro atoms. The Morgan fingerprint density at radius 1 is 1.47 bits per heavy atom. The van der Waals surface area contributed by atoms with E-state index in [-0.39, 0.29) is 11.7 Å². The van der Waals surface area contributed by atoms with Crippen LogP contribution in [0.2, 0.25) is 0 Å². The van der Waals surface area contributed by atoms with E-state index in [1.165, 1.54) is 12.1 Å². The molecule has 0 aliphatic carbocycles. The Labute approximate surface area is 98.4 Å². The lowest BCUT2D eigenvalue weighted by Crippen LogP contribution is -2.09. The van der Waals surface area contributed by atoms with Gasteiger partial charge in [0.15, 0.2) is 0 Å². The highest BCUT2D eigenvalue weighted by Crippen LogP contribution is 2.31. The van der Waals surface area contributed by atoms with Crippen LogP contribution in [0.1, 0.15) is 38.4 Å². The van der Waals surface area contributed by atoms with Gasteiger partial charge in [-0.2, -0.15) is 0 Å². The summed E-state index contributed by atoms with van der Waals surface area (Å²) in [5.74, 6) is -0.0993. The Balaban J connectivity index is 2.86. The topological polar surface area (TPSA) is 20.2 Å². The second-order valence-corrected chi connectivity index (χ2v) is 4.73. The van der Waals surface area contributed by atoms with Crippen molar-refractivity contribution in [3.8, 4) is 0 Å².